The third-order valence-electron chi connectivity index (χ3n) is 5.80. The van der Waals surface area contributed by atoms with Gasteiger partial charge in [-0.25, -0.2) is 9.78 Å². The first-order valence-corrected chi connectivity index (χ1v) is 11.6. The van der Waals surface area contributed by atoms with Crippen molar-refractivity contribution in [3.05, 3.63) is 71.4 Å². The maximum absolute atomic E-state index is 12.5. The van der Waals surface area contributed by atoms with E-state index in [0.717, 1.165) is 41.2 Å². The van der Waals surface area contributed by atoms with Crippen LogP contribution in [-0.2, 0) is 17.7 Å². The van der Waals surface area contributed by atoms with Crippen molar-refractivity contribution >= 4 is 28.9 Å². The van der Waals surface area contributed by atoms with E-state index >= 15 is 0 Å². The van der Waals surface area contributed by atoms with Crippen molar-refractivity contribution < 1.29 is 19.0 Å². The summed E-state index contributed by atoms with van der Waals surface area (Å²) in [7, 11) is 1.64. The number of esters is 1. The number of aryl methyl sites for hydroxylation is 1. The summed E-state index contributed by atoms with van der Waals surface area (Å²) >= 11 is 0. The van der Waals surface area contributed by atoms with Gasteiger partial charge in [0.15, 0.2) is 5.65 Å². The van der Waals surface area contributed by atoms with E-state index < -0.39 is 5.97 Å². The summed E-state index contributed by atoms with van der Waals surface area (Å²) < 4.78 is 18.0. The minimum absolute atomic E-state index is 0.268. The number of anilines is 3. The molecular weight excluding hydrogens is 446 g/mol. The van der Waals surface area contributed by atoms with Crippen LogP contribution >= 0.6 is 0 Å². The normalized spacial score (nSPS) is 12.5. The van der Waals surface area contributed by atoms with Gasteiger partial charge in [0.05, 0.1) is 32.2 Å². The number of methoxy groups -OCH3 is 1. The summed E-state index contributed by atoms with van der Waals surface area (Å²) in [6.07, 6.45) is 3.45. The van der Waals surface area contributed by atoms with E-state index in [1.54, 1.807) is 18.5 Å². The van der Waals surface area contributed by atoms with Gasteiger partial charge in [-0.15, -0.1) is 0 Å². The maximum Gasteiger partial charge on any atom is 0.343 e. The lowest BCUT2D eigenvalue weighted by atomic mass is 10.1. The Kier molecular flexibility index (Phi) is 6.38. The zero-order valence-electron chi connectivity index (χ0n) is 19.7. The number of fused-ring (bicyclic) bond motifs is 2. The highest BCUT2D eigenvalue weighted by Gasteiger charge is 2.20. The predicted molar refractivity (Wildman–Crippen MR) is 133 cm³/mol. The molecule has 180 valence electrons. The third-order valence-corrected chi connectivity index (χ3v) is 5.80. The maximum atomic E-state index is 12.5. The fraction of sp³-hybridized carbons (Fsp3) is 0.269. The Morgan fingerprint density at radius 1 is 1.20 bits per heavy atom. The molecule has 0 saturated heterocycles. The van der Waals surface area contributed by atoms with Crippen molar-refractivity contribution in [3.8, 4) is 11.5 Å². The number of hydrogen-bond donors (Lipinski definition) is 2. The average Bonchev–Trinajstić information content (AvgIpc) is 3.32. The number of rotatable bonds is 8. The fourth-order valence-corrected chi connectivity index (χ4v) is 4.07. The Labute approximate surface area is 203 Å². The highest BCUT2D eigenvalue weighted by atomic mass is 16.5. The van der Waals surface area contributed by atoms with Gasteiger partial charge < -0.3 is 24.8 Å². The molecule has 1 aliphatic heterocycles. The van der Waals surface area contributed by atoms with Gasteiger partial charge in [0.2, 0.25) is 0 Å². The van der Waals surface area contributed by atoms with Crippen LogP contribution in [-0.4, -0.2) is 40.9 Å². The van der Waals surface area contributed by atoms with Crippen LogP contribution in [0.5, 0.6) is 11.5 Å². The number of nitrogens with zero attached hydrogens (tertiary/aromatic N) is 3. The molecule has 0 unspecified atom stereocenters. The van der Waals surface area contributed by atoms with Crippen LogP contribution in [0, 0.1) is 0 Å². The van der Waals surface area contributed by atoms with Gasteiger partial charge in [0.1, 0.15) is 28.7 Å². The van der Waals surface area contributed by atoms with Gasteiger partial charge in [-0.2, -0.15) is 9.61 Å². The van der Waals surface area contributed by atoms with Crippen molar-refractivity contribution in [2.75, 3.05) is 31.0 Å². The Morgan fingerprint density at radius 2 is 2.06 bits per heavy atom. The monoisotopic (exact) mass is 473 g/mol. The first-order valence-electron chi connectivity index (χ1n) is 11.6. The Hall–Kier alpha value is -4.27. The molecule has 9 nitrogen and oxygen atoms in total. The topological polar surface area (TPSA) is 99.0 Å². The van der Waals surface area contributed by atoms with Crippen molar-refractivity contribution in [2.24, 2.45) is 0 Å². The Morgan fingerprint density at radius 3 is 2.86 bits per heavy atom. The molecule has 0 aliphatic carbocycles. The highest BCUT2D eigenvalue weighted by Crippen LogP contribution is 2.35. The molecule has 0 saturated carbocycles. The van der Waals surface area contributed by atoms with E-state index in [1.807, 2.05) is 42.5 Å². The molecule has 0 radical (unpaired) electrons. The van der Waals surface area contributed by atoms with Gasteiger partial charge in [-0.1, -0.05) is 24.3 Å². The largest absolute Gasteiger partial charge is 0.497 e. The van der Waals surface area contributed by atoms with E-state index in [0.29, 0.717) is 36.0 Å². The van der Waals surface area contributed by atoms with E-state index in [4.69, 9.17) is 19.2 Å². The molecule has 4 aromatic rings. The molecular formula is C26H27N5O4. The summed E-state index contributed by atoms with van der Waals surface area (Å²) in [6.45, 7) is 3.26. The number of nitrogens with one attached hydrogen (secondary N) is 2. The lowest BCUT2D eigenvalue weighted by Gasteiger charge is -2.21. The first kappa shape index (κ1) is 22.5. The second-order valence-corrected chi connectivity index (χ2v) is 8.11. The van der Waals surface area contributed by atoms with Crippen LogP contribution in [0.4, 0.5) is 17.3 Å². The van der Waals surface area contributed by atoms with Gasteiger partial charge in [0.25, 0.3) is 0 Å². The van der Waals surface area contributed by atoms with E-state index in [9.17, 15) is 4.79 Å². The van der Waals surface area contributed by atoms with Crippen molar-refractivity contribution in [1.82, 2.24) is 14.6 Å². The molecule has 0 amide bonds. The first-order chi connectivity index (χ1) is 17.2. The molecule has 9 heteroatoms. The zero-order valence-corrected chi connectivity index (χ0v) is 19.7. The molecule has 2 aromatic heterocycles. The molecule has 0 fully saturated rings. The van der Waals surface area contributed by atoms with Gasteiger partial charge in [0, 0.05) is 12.6 Å². The molecule has 1 aliphatic rings. The number of carbonyl (C=O) groups is 1. The van der Waals surface area contributed by atoms with E-state index in [1.165, 1.54) is 6.20 Å². The quantitative estimate of drug-likeness (QED) is 0.359. The third kappa shape index (κ3) is 4.70. The van der Waals surface area contributed by atoms with Crippen molar-refractivity contribution in [3.63, 3.8) is 0 Å². The molecule has 0 atom stereocenters. The average molecular weight is 474 g/mol. The van der Waals surface area contributed by atoms with Crippen LogP contribution in [0.25, 0.3) is 5.65 Å². The number of ether oxygens (including phenoxy) is 3. The van der Waals surface area contributed by atoms with E-state index in [-0.39, 0.29) is 6.61 Å². The number of benzene rings is 2. The van der Waals surface area contributed by atoms with E-state index in [2.05, 4.69) is 21.8 Å². The SMILES string of the molecule is CCOC(=O)c1cnn2c(NCc3ccc(OC)cc3)cc(Nc3cccc4c3OCCC4)nc12. The number of carbonyl (C=O) groups excluding carboxylic acids is 1. The summed E-state index contributed by atoms with van der Waals surface area (Å²) in [5, 5.41) is 11.2. The minimum atomic E-state index is -0.464. The summed E-state index contributed by atoms with van der Waals surface area (Å²) in [6, 6.07) is 15.7. The van der Waals surface area contributed by atoms with Crippen molar-refractivity contribution in [1.29, 1.82) is 0 Å². The minimum Gasteiger partial charge on any atom is -0.497 e. The molecule has 0 bridgehead atoms. The fourth-order valence-electron chi connectivity index (χ4n) is 4.07. The van der Waals surface area contributed by atoms with Gasteiger partial charge >= 0.3 is 5.97 Å². The van der Waals surface area contributed by atoms with Crippen LogP contribution in [0.1, 0.15) is 34.8 Å². The summed E-state index contributed by atoms with van der Waals surface area (Å²) in [5.74, 6) is 2.41. The van der Waals surface area contributed by atoms with Crippen LogP contribution < -0.4 is 20.1 Å². The van der Waals surface area contributed by atoms with Gasteiger partial charge in [-0.3, -0.25) is 0 Å². The number of aromatic nitrogens is 3. The Balaban J connectivity index is 1.50. The summed E-state index contributed by atoms with van der Waals surface area (Å²) in [4.78, 5) is 17.2. The van der Waals surface area contributed by atoms with Crippen molar-refractivity contribution in [2.45, 2.75) is 26.3 Å². The predicted octanol–water partition coefficient (Wildman–Crippen LogP) is 4.60. The lowest BCUT2D eigenvalue weighted by molar-refractivity contribution is 0.0528. The van der Waals surface area contributed by atoms with Crippen LogP contribution in [0.2, 0.25) is 0 Å². The second-order valence-electron chi connectivity index (χ2n) is 8.11. The highest BCUT2D eigenvalue weighted by molar-refractivity contribution is 5.96. The lowest BCUT2D eigenvalue weighted by Crippen LogP contribution is -2.12. The molecule has 0 spiro atoms. The molecule has 3 heterocycles. The standard InChI is InChI=1S/C26H27N5O4/c1-3-34-26(32)20-16-28-31-23(27-15-17-9-11-19(33-2)12-10-17)14-22(30-25(20)31)29-21-8-4-6-18-7-5-13-35-24(18)21/h4,6,8-12,14,16,27H,3,5,7,13,15H2,1-2H3,(H,29,30). The van der Waals surface area contributed by atoms with Crippen LogP contribution in [0.3, 0.4) is 0 Å². The molecule has 2 N–H and O–H groups in total. The molecule has 2 aromatic carbocycles. The van der Waals surface area contributed by atoms with Crippen LogP contribution in [0.15, 0.2) is 54.7 Å². The summed E-state index contributed by atoms with van der Waals surface area (Å²) in [5.41, 5.74) is 3.76. The zero-order chi connectivity index (χ0) is 24.2. The molecule has 5 rings (SSSR count). The Bertz CT molecular complexity index is 1350. The number of hydrogen-bond acceptors (Lipinski definition) is 8. The van der Waals surface area contributed by atoms with Gasteiger partial charge in [-0.05, 0) is 49.1 Å². The second kappa shape index (κ2) is 9.92. The molecule has 35 heavy (non-hydrogen) atoms. The smallest absolute Gasteiger partial charge is 0.343 e. The number of para-hydroxylation sites is 1.